The third-order valence-electron chi connectivity index (χ3n) is 4.10. The number of hydrogen-bond donors (Lipinski definition) is 1. The van der Waals surface area contributed by atoms with Crippen LogP contribution in [0.25, 0.3) is 0 Å². The molecular formula is C21H25NO4. The summed E-state index contributed by atoms with van der Waals surface area (Å²) in [5, 5.41) is 2.81. The lowest BCUT2D eigenvalue weighted by Gasteiger charge is -2.16. The van der Waals surface area contributed by atoms with Crippen LogP contribution in [-0.4, -0.2) is 25.1 Å². The molecule has 5 heteroatoms. The summed E-state index contributed by atoms with van der Waals surface area (Å²) >= 11 is 0. The van der Waals surface area contributed by atoms with Crippen LogP contribution in [0.15, 0.2) is 36.4 Å². The highest BCUT2D eigenvalue weighted by atomic mass is 16.5. The van der Waals surface area contributed by atoms with E-state index in [9.17, 15) is 9.59 Å². The molecule has 1 N–H and O–H groups in total. The number of nitrogens with one attached hydrogen (secondary N) is 1. The van der Waals surface area contributed by atoms with Crippen LogP contribution in [0.5, 0.6) is 5.75 Å². The van der Waals surface area contributed by atoms with Crippen molar-refractivity contribution in [3.63, 3.8) is 0 Å². The van der Waals surface area contributed by atoms with E-state index in [1.807, 2.05) is 57.2 Å². The molecule has 1 amide bonds. The van der Waals surface area contributed by atoms with Gasteiger partial charge in [-0.15, -0.1) is 0 Å². The molecule has 0 unspecified atom stereocenters. The lowest BCUT2D eigenvalue weighted by molar-refractivity contribution is -0.152. The summed E-state index contributed by atoms with van der Waals surface area (Å²) in [6.07, 6.45) is -0.843. The lowest BCUT2D eigenvalue weighted by Crippen LogP contribution is -2.30. The summed E-state index contributed by atoms with van der Waals surface area (Å²) in [7, 11) is 1.56. The molecule has 5 nitrogen and oxygen atoms in total. The Bertz CT molecular complexity index is 814. The highest BCUT2D eigenvalue weighted by Crippen LogP contribution is 2.21. The molecule has 0 saturated heterocycles. The second kappa shape index (κ2) is 8.52. The minimum atomic E-state index is -0.891. The number of amides is 1. The third kappa shape index (κ3) is 5.09. The second-order valence-corrected chi connectivity index (χ2v) is 6.43. The van der Waals surface area contributed by atoms with Gasteiger partial charge in [0.05, 0.1) is 13.5 Å². The zero-order chi connectivity index (χ0) is 19.3. The lowest BCUT2D eigenvalue weighted by atomic mass is 10.1. The van der Waals surface area contributed by atoms with Crippen LogP contribution in [0.3, 0.4) is 0 Å². The standard InChI is InChI=1S/C21H25NO4/c1-13-7-9-19(25-5)17(10-13)12-20(23)26-16(4)21(24)22-18-11-14(2)6-8-15(18)3/h6-11,16H,12H2,1-5H3,(H,22,24)/t16-/m1/s1. The van der Waals surface area contributed by atoms with E-state index >= 15 is 0 Å². The summed E-state index contributed by atoms with van der Waals surface area (Å²) in [6.45, 7) is 7.36. The summed E-state index contributed by atoms with van der Waals surface area (Å²) in [5.74, 6) is -0.208. The van der Waals surface area contributed by atoms with Crippen LogP contribution in [0.1, 0.15) is 29.2 Å². The zero-order valence-corrected chi connectivity index (χ0v) is 15.9. The minimum Gasteiger partial charge on any atom is -0.496 e. The molecule has 2 aromatic carbocycles. The molecule has 0 aromatic heterocycles. The van der Waals surface area contributed by atoms with Crippen molar-refractivity contribution in [3.05, 3.63) is 58.7 Å². The maximum atomic E-state index is 12.3. The largest absolute Gasteiger partial charge is 0.496 e. The molecule has 0 fully saturated rings. The molecule has 138 valence electrons. The van der Waals surface area contributed by atoms with E-state index in [4.69, 9.17) is 9.47 Å². The number of ether oxygens (including phenoxy) is 2. The Morgan fingerprint density at radius 1 is 1.04 bits per heavy atom. The van der Waals surface area contributed by atoms with Crippen LogP contribution in [0.4, 0.5) is 5.69 Å². The molecule has 0 aliphatic heterocycles. The van der Waals surface area contributed by atoms with Crippen LogP contribution < -0.4 is 10.1 Å². The molecule has 0 spiro atoms. The number of esters is 1. The average Bonchev–Trinajstić information content (AvgIpc) is 2.58. The summed E-state index contributed by atoms with van der Waals surface area (Å²) in [6, 6.07) is 11.4. The topological polar surface area (TPSA) is 64.6 Å². The Labute approximate surface area is 154 Å². The monoisotopic (exact) mass is 355 g/mol. The first-order valence-corrected chi connectivity index (χ1v) is 8.51. The maximum Gasteiger partial charge on any atom is 0.311 e. The maximum absolute atomic E-state index is 12.3. The number of anilines is 1. The van der Waals surface area contributed by atoms with Gasteiger partial charge in [0.25, 0.3) is 5.91 Å². The molecule has 0 heterocycles. The van der Waals surface area contributed by atoms with Gasteiger partial charge in [-0.1, -0.05) is 29.8 Å². The molecule has 2 aromatic rings. The molecule has 0 aliphatic rings. The summed E-state index contributed by atoms with van der Waals surface area (Å²) in [5.41, 5.74) is 4.47. The predicted molar refractivity (Wildman–Crippen MR) is 102 cm³/mol. The van der Waals surface area contributed by atoms with Crippen molar-refractivity contribution in [2.24, 2.45) is 0 Å². The van der Waals surface area contributed by atoms with Crippen molar-refractivity contribution < 1.29 is 19.1 Å². The van der Waals surface area contributed by atoms with Gasteiger partial charge >= 0.3 is 5.97 Å². The third-order valence-corrected chi connectivity index (χ3v) is 4.10. The Morgan fingerprint density at radius 3 is 2.38 bits per heavy atom. The number of benzene rings is 2. The number of carbonyl (C=O) groups is 2. The van der Waals surface area contributed by atoms with Gasteiger partial charge in [-0.2, -0.15) is 0 Å². The first-order chi connectivity index (χ1) is 12.3. The fourth-order valence-electron chi connectivity index (χ4n) is 2.60. The Balaban J connectivity index is 1.99. The second-order valence-electron chi connectivity index (χ2n) is 6.43. The van der Waals surface area contributed by atoms with Crippen LogP contribution >= 0.6 is 0 Å². The van der Waals surface area contributed by atoms with E-state index in [2.05, 4.69) is 5.32 Å². The molecule has 26 heavy (non-hydrogen) atoms. The fraction of sp³-hybridized carbons (Fsp3) is 0.333. The quantitative estimate of drug-likeness (QED) is 0.802. The molecule has 0 radical (unpaired) electrons. The van der Waals surface area contributed by atoms with Crippen LogP contribution in [-0.2, 0) is 20.7 Å². The Kier molecular flexibility index (Phi) is 6.39. The highest BCUT2D eigenvalue weighted by molar-refractivity contribution is 5.95. The molecular weight excluding hydrogens is 330 g/mol. The van der Waals surface area contributed by atoms with Gasteiger partial charge < -0.3 is 14.8 Å². The first-order valence-electron chi connectivity index (χ1n) is 8.51. The van der Waals surface area contributed by atoms with E-state index in [1.165, 1.54) is 0 Å². The summed E-state index contributed by atoms with van der Waals surface area (Å²) < 4.78 is 10.6. The van der Waals surface area contributed by atoms with Crippen molar-refractivity contribution in [2.45, 2.75) is 40.2 Å². The normalized spacial score (nSPS) is 11.6. The zero-order valence-electron chi connectivity index (χ0n) is 15.9. The molecule has 2 rings (SSSR count). The van der Waals surface area contributed by atoms with Crippen LogP contribution in [0.2, 0.25) is 0 Å². The predicted octanol–water partition coefficient (Wildman–Crippen LogP) is 3.73. The van der Waals surface area contributed by atoms with Gasteiger partial charge in [0.15, 0.2) is 6.10 Å². The van der Waals surface area contributed by atoms with Gasteiger partial charge in [0.2, 0.25) is 0 Å². The molecule has 0 saturated carbocycles. The van der Waals surface area contributed by atoms with Crippen molar-refractivity contribution >= 4 is 17.6 Å². The van der Waals surface area contributed by atoms with E-state index in [0.29, 0.717) is 5.75 Å². The fourth-order valence-corrected chi connectivity index (χ4v) is 2.60. The summed E-state index contributed by atoms with van der Waals surface area (Å²) in [4.78, 5) is 24.6. The number of hydrogen-bond acceptors (Lipinski definition) is 4. The van der Waals surface area contributed by atoms with E-state index in [0.717, 1.165) is 27.9 Å². The highest BCUT2D eigenvalue weighted by Gasteiger charge is 2.20. The van der Waals surface area contributed by atoms with Gasteiger partial charge in [-0.3, -0.25) is 9.59 Å². The van der Waals surface area contributed by atoms with E-state index < -0.39 is 12.1 Å². The Hall–Kier alpha value is -2.82. The first kappa shape index (κ1) is 19.5. The van der Waals surface area contributed by atoms with Crippen LogP contribution in [0, 0.1) is 20.8 Å². The van der Waals surface area contributed by atoms with Gasteiger partial charge in [0, 0.05) is 11.3 Å². The van der Waals surface area contributed by atoms with Gasteiger partial charge in [0.1, 0.15) is 5.75 Å². The smallest absolute Gasteiger partial charge is 0.311 e. The Morgan fingerprint density at radius 2 is 1.69 bits per heavy atom. The molecule has 1 atom stereocenters. The molecule has 0 bridgehead atoms. The SMILES string of the molecule is COc1ccc(C)cc1CC(=O)O[C@H](C)C(=O)Nc1cc(C)ccc1C. The van der Waals surface area contributed by atoms with Crippen molar-refractivity contribution in [3.8, 4) is 5.75 Å². The van der Waals surface area contributed by atoms with Crippen molar-refractivity contribution in [1.82, 2.24) is 0 Å². The van der Waals surface area contributed by atoms with Crippen molar-refractivity contribution in [1.29, 1.82) is 0 Å². The number of methoxy groups -OCH3 is 1. The van der Waals surface area contributed by atoms with Crippen molar-refractivity contribution in [2.75, 3.05) is 12.4 Å². The average molecular weight is 355 g/mol. The van der Waals surface area contributed by atoms with E-state index in [-0.39, 0.29) is 12.3 Å². The molecule has 0 aliphatic carbocycles. The van der Waals surface area contributed by atoms with Gasteiger partial charge in [-0.25, -0.2) is 0 Å². The van der Waals surface area contributed by atoms with Gasteiger partial charge in [-0.05, 0) is 51.0 Å². The minimum absolute atomic E-state index is 0.0476. The number of carbonyl (C=O) groups excluding carboxylic acids is 2. The number of rotatable bonds is 6. The van der Waals surface area contributed by atoms with E-state index in [1.54, 1.807) is 14.0 Å². The number of aryl methyl sites for hydroxylation is 3.